The molecule has 2 N–H and O–H groups in total. The smallest absolute Gasteiger partial charge is 0.122 e. The fourth-order valence-electron chi connectivity index (χ4n) is 4.83. The van der Waals surface area contributed by atoms with Gasteiger partial charge in [0.15, 0.2) is 0 Å². The van der Waals surface area contributed by atoms with Gasteiger partial charge in [-0.2, -0.15) is 0 Å². The molecule has 3 rings (SSSR count). The molecule has 0 radical (unpaired) electrons. The zero-order valence-corrected chi connectivity index (χ0v) is 18.4. The lowest BCUT2D eigenvalue weighted by Crippen LogP contribution is -1.99. The van der Waals surface area contributed by atoms with Gasteiger partial charge in [0, 0.05) is 6.07 Å². The molecule has 0 aliphatic heterocycles. The van der Waals surface area contributed by atoms with Gasteiger partial charge in [0.2, 0.25) is 0 Å². The normalized spacial score (nSPS) is 18.9. The average Bonchev–Trinajstić information content (AvgIpc) is 3.58. The lowest BCUT2D eigenvalue weighted by Gasteiger charge is -2.14. The summed E-state index contributed by atoms with van der Waals surface area (Å²) >= 11 is 0. The van der Waals surface area contributed by atoms with Gasteiger partial charge in [0.05, 0.1) is 0 Å². The minimum absolute atomic E-state index is 0.205. The molecule has 2 saturated carbocycles. The van der Waals surface area contributed by atoms with Gasteiger partial charge in [-0.1, -0.05) is 52.4 Å². The Hall–Kier alpha value is -1.18. The second-order valence-corrected chi connectivity index (χ2v) is 10.2. The van der Waals surface area contributed by atoms with E-state index in [1.165, 1.54) is 83.1 Å². The van der Waals surface area contributed by atoms with Crippen LogP contribution in [0.4, 0.5) is 0 Å². The van der Waals surface area contributed by atoms with E-state index in [0.29, 0.717) is 11.2 Å². The maximum absolute atomic E-state index is 10.4. The van der Waals surface area contributed by atoms with Crippen molar-refractivity contribution in [2.75, 3.05) is 0 Å². The van der Waals surface area contributed by atoms with Crippen molar-refractivity contribution in [1.29, 1.82) is 0 Å². The van der Waals surface area contributed by atoms with E-state index in [0.717, 1.165) is 42.2 Å². The van der Waals surface area contributed by atoms with Crippen LogP contribution in [-0.4, -0.2) is 10.2 Å². The van der Waals surface area contributed by atoms with E-state index >= 15 is 0 Å². The summed E-state index contributed by atoms with van der Waals surface area (Å²) in [6.45, 7) is 4.75. The summed E-state index contributed by atoms with van der Waals surface area (Å²) in [5.74, 6) is 0.499. The van der Waals surface area contributed by atoms with Gasteiger partial charge in [-0.25, -0.2) is 0 Å². The highest BCUT2D eigenvalue weighted by Gasteiger charge is 2.39. The summed E-state index contributed by atoms with van der Waals surface area (Å²) in [5, 5.41) is 20.3. The second kappa shape index (κ2) is 9.55. The summed E-state index contributed by atoms with van der Waals surface area (Å²) in [5.41, 5.74) is 3.63. The Bertz CT molecular complexity index is 626. The Kier molecular flexibility index (Phi) is 7.34. The molecule has 2 aliphatic rings. The zero-order valence-electron chi connectivity index (χ0n) is 18.4. The standard InChI is InChI=1S/C26H42O2/c1-3-26(17-18-26)14-10-5-4-8-12-23-21(19-22(27)20-24(23)28)11-7-6-9-13-25(2)15-16-25/h19-20,27-28H,3-18H2,1-2H3. The molecule has 2 nitrogen and oxygen atoms in total. The van der Waals surface area contributed by atoms with E-state index in [1.807, 2.05) is 6.07 Å². The summed E-state index contributed by atoms with van der Waals surface area (Å²) in [6, 6.07) is 3.40. The second-order valence-electron chi connectivity index (χ2n) is 10.2. The number of phenolic OH excluding ortho intramolecular Hbond substituents is 2. The van der Waals surface area contributed by atoms with Crippen molar-refractivity contribution < 1.29 is 10.2 Å². The van der Waals surface area contributed by atoms with Gasteiger partial charge in [-0.3, -0.25) is 0 Å². The van der Waals surface area contributed by atoms with Crippen molar-refractivity contribution in [3.05, 3.63) is 23.3 Å². The molecule has 0 atom stereocenters. The number of aromatic hydroxyl groups is 2. The average molecular weight is 387 g/mol. The number of unbranched alkanes of at least 4 members (excludes halogenated alkanes) is 5. The first-order valence-corrected chi connectivity index (χ1v) is 12.0. The van der Waals surface area contributed by atoms with E-state index in [4.69, 9.17) is 0 Å². The fourth-order valence-corrected chi connectivity index (χ4v) is 4.83. The maximum atomic E-state index is 10.4. The Balaban J connectivity index is 1.38. The molecule has 0 saturated heterocycles. The van der Waals surface area contributed by atoms with Crippen LogP contribution < -0.4 is 0 Å². The van der Waals surface area contributed by atoms with Crippen molar-refractivity contribution in [1.82, 2.24) is 0 Å². The molecule has 28 heavy (non-hydrogen) atoms. The Morgan fingerprint density at radius 1 is 0.786 bits per heavy atom. The number of phenols is 2. The topological polar surface area (TPSA) is 40.5 Å². The molecule has 0 unspecified atom stereocenters. The van der Waals surface area contributed by atoms with E-state index < -0.39 is 0 Å². The van der Waals surface area contributed by atoms with Crippen LogP contribution in [0.15, 0.2) is 12.1 Å². The molecule has 2 heteroatoms. The Morgan fingerprint density at radius 3 is 2.11 bits per heavy atom. The van der Waals surface area contributed by atoms with Crippen LogP contribution in [0, 0.1) is 10.8 Å². The predicted molar refractivity (Wildman–Crippen MR) is 118 cm³/mol. The highest BCUT2D eigenvalue weighted by atomic mass is 16.3. The maximum Gasteiger partial charge on any atom is 0.122 e. The fraction of sp³-hybridized carbons (Fsp3) is 0.769. The third kappa shape index (κ3) is 6.42. The summed E-state index contributed by atoms with van der Waals surface area (Å²) < 4.78 is 0. The van der Waals surface area contributed by atoms with Gasteiger partial charge in [-0.05, 0) is 92.2 Å². The number of rotatable bonds is 14. The van der Waals surface area contributed by atoms with Gasteiger partial charge in [0.25, 0.3) is 0 Å². The van der Waals surface area contributed by atoms with Crippen molar-refractivity contribution in [3.63, 3.8) is 0 Å². The van der Waals surface area contributed by atoms with Crippen LogP contribution in [0.1, 0.15) is 115 Å². The molecule has 1 aromatic carbocycles. The summed E-state index contributed by atoms with van der Waals surface area (Å²) in [4.78, 5) is 0. The SMILES string of the molecule is CCC1(CCCCCCc2c(O)cc(O)cc2CCCCCC2(C)CC2)CC1. The highest BCUT2D eigenvalue weighted by molar-refractivity contribution is 5.45. The summed E-state index contributed by atoms with van der Waals surface area (Å²) in [7, 11) is 0. The van der Waals surface area contributed by atoms with Crippen molar-refractivity contribution in [2.24, 2.45) is 10.8 Å². The third-order valence-electron chi connectivity index (χ3n) is 7.72. The van der Waals surface area contributed by atoms with Gasteiger partial charge < -0.3 is 10.2 Å². The first-order chi connectivity index (χ1) is 13.5. The number of hydrogen-bond acceptors (Lipinski definition) is 2. The molecule has 2 fully saturated rings. The van der Waals surface area contributed by atoms with Gasteiger partial charge >= 0.3 is 0 Å². The number of hydrogen-bond donors (Lipinski definition) is 2. The molecular weight excluding hydrogens is 344 g/mol. The third-order valence-corrected chi connectivity index (χ3v) is 7.72. The Morgan fingerprint density at radius 2 is 1.43 bits per heavy atom. The molecule has 2 aliphatic carbocycles. The van der Waals surface area contributed by atoms with Gasteiger partial charge in [0.1, 0.15) is 11.5 Å². The molecule has 0 heterocycles. The van der Waals surface area contributed by atoms with Crippen LogP contribution in [0.2, 0.25) is 0 Å². The van der Waals surface area contributed by atoms with E-state index in [2.05, 4.69) is 13.8 Å². The van der Waals surface area contributed by atoms with Crippen molar-refractivity contribution >= 4 is 0 Å². The van der Waals surface area contributed by atoms with Crippen LogP contribution in [0.25, 0.3) is 0 Å². The molecule has 0 bridgehead atoms. The van der Waals surface area contributed by atoms with E-state index in [1.54, 1.807) is 0 Å². The lowest BCUT2D eigenvalue weighted by atomic mass is 9.93. The molecular formula is C26H42O2. The van der Waals surface area contributed by atoms with Crippen molar-refractivity contribution in [2.45, 2.75) is 117 Å². The zero-order chi connectivity index (χ0) is 20.0. The first kappa shape index (κ1) is 21.5. The lowest BCUT2D eigenvalue weighted by molar-refractivity contribution is 0.419. The number of benzene rings is 1. The van der Waals surface area contributed by atoms with Crippen LogP contribution in [0.3, 0.4) is 0 Å². The van der Waals surface area contributed by atoms with Crippen LogP contribution in [-0.2, 0) is 12.8 Å². The molecule has 1 aromatic rings. The monoisotopic (exact) mass is 386 g/mol. The highest BCUT2D eigenvalue weighted by Crippen LogP contribution is 2.52. The molecule has 0 spiro atoms. The largest absolute Gasteiger partial charge is 0.508 e. The van der Waals surface area contributed by atoms with Crippen LogP contribution in [0.5, 0.6) is 11.5 Å². The van der Waals surface area contributed by atoms with E-state index in [9.17, 15) is 10.2 Å². The molecule has 158 valence electrons. The van der Waals surface area contributed by atoms with Gasteiger partial charge in [-0.15, -0.1) is 0 Å². The minimum Gasteiger partial charge on any atom is -0.508 e. The summed E-state index contributed by atoms with van der Waals surface area (Å²) in [6.07, 6.45) is 20.6. The molecule has 0 amide bonds. The number of aryl methyl sites for hydroxylation is 1. The Labute approximate surface area is 172 Å². The minimum atomic E-state index is 0.205. The van der Waals surface area contributed by atoms with Crippen LogP contribution >= 0.6 is 0 Å². The quantitative estimate of drug-likeness (QED) is 0.322. The first-order valence-electron chi connectivity index (χ1n) is 12.0. The molecule has 0 aromatic heterocycles. The predicted octanol–water partition coefficient (Wildman–Crippen LogP) is 7.68. The van der Waals surface area contributed by atoms with Crippen molar-refractivity contribution in [3.8, 4) is 11.5 Å². The van der Waals surface area contributed by atoms with E-state index in [-0.39, 0.29) is 5.75 Å².